The van der Waals surface area contributed by atoms with Gasteiger partial charge in [0.1, 0.15) is 0 Å². The molecule has 0 radical (unpaired) electrons. The van der Waals surface area contributed by atoms with Gasteiger partial charge < -0.3 is 5.32 Å². The summed E-state index contributed by atoms with van der Waals surface area (Å²) in [5, 5.41) is 7.05. The van der Waals surface area contributed by atoms with E-state index in [1.165, 1.54) is 0 Å². The fourth-order valence-corrected chi connectivity index (χ4v) is 1.42. The number of nitrogens with two attached hydrogens (primary N) is 1. The van der Waals surface area contributed by atoms with Crippen LogP contribution >= 0.6 is 11.3 Å². The van der Waals surface area contributed by atoms with Crippen LogP contribution in [0.4, 0.5) is 5.69 Å². The Hall–Kier alpha value is -1.07. The largest absolute Gasteiger partial charge is 0.325 e. The van der Waals surface area contributed by atoms with Crippen LogP contribution in [0.1, 0.15) is 13.8 Å². The molecule has 13 heavy (non-hydrogen) atoms. The Labute approximate surface area is 81.8 Å². The van der Waals surface area contributed by atoms with Crippen molar-refractivity contribution in [3.63, 3.8) is 0 Å². The topological polar surface area (TPSA) is 62.4 Å². The monoisotopic (exact) mass is 198 g/mol. The second-order valence-corrected chi connectivity index (χ2v) is 3.63. The van der Waals surface area contributed by atoms with E-state index in [2.05, 4.69) is 15.7 Å². The van der Waals surface area contributed by atoms with Gasteiger partial charge in [-0.1, -0.05) is 0 Å². The molecule has 0 spiro atoms. The number of rotatable bonds is 2. The van der Waals surface area contributed by atoms with Crippen molar-refractivity contribution in [3.8, 4) is 0 Å². The Balaban J connectivity index is 2.60. The van der Waals surface area contributed by atoms with Crippen LogP contribution in [0.15, 0.2) is 21.8 Å². The predicted molar refractivity (Wildman–Crippen MR) is 57.8 cm³/mol. The van der Waals surface area contributed by atoms with Crippen LogP contribution in [0.5, 0.6) is 0 Å². The molecule has 1 aromatic rings. The van der Waals surface area contributed by atoms with Crippen molar-refractivity contribution in [2.24, 2.45) is 10.8 Å². The second kappa shape index (κ2) is 4.84. The summed E-state index contributed by atoms with van der Waals surface area (Å²) in [5.74, 6) is 5.89. The smallest absolute Gasteiger partial charge is 0.210 e. The first-order valence-corrected chi connectivity index (χ1v) is 5.00. The molecule has 0 bridgehead atoms. The van der Waals surface area contributed by atoms with E-state index in [-0.39, 0.29) is 6.04 Å². The Kier molecular flexibility index (Phi) is 3.72. The lowest BCUT2D eigenvalue weighted by molar-refractivity contribution is 0.819. The molecule has 0 amide bonds. The Bertz CT molecular complexity index is 266. The first-order valence-electron chi connectivity index (χ1n) is 4.06. The predicted octanol–water partition coefficient (Wildman–Crippen LogP) is 1.39. The average molecular weight is 198 g/mol. The lowest BCUT2D eigenvalue weighted by atomic mass is 10.4. The number of nitrogens with zero attached hydrogens (tertiary/aromatic N) is 1. The zero-order chi connectivity index (χ0) is 9.68. The van der Waals surface area contributed by atoms with Gasteiger partial charge in [-0.2, -0.15) is 11.3 Å². The van der Waals surface area contributed by atoms with Gasteiger partial charge in [0.25, 0.3) is 0 Å². The lowest BCUT2D eigenvalue weighted by Crippen LogP contribution is -2.36. The minimum absolute atomic E-state index is 0.220. The molecule has 1 heterocycles. The van der Waals surface area contributed by atoms with Gasteiger partial charge in [-0.05, 0) is 25.3 Å². The summed E-state index contributed by atoms with van der Waals surface area (Å²) in [5.41, 5.74) is 3.52. The molecule has 4 N–H and O–H groups in total. The Morgan fingerprint density at radius 3 is 2.85 bits per heavy atom. The van der Waals surface area contributed by atoms with E-state index in [4.69, 9.17) is 5.84 Å². The van der Waals surface area contributed by atoms with E-state index in [1.54, 1.807) is 11.3 Å². The summed E-state index contributed by atoms with van der Waals surface area (Å²) < 4.78 is 0. The van der Waals surface area contributed by atoms with Crippen LogP contribution in [0, 0.1) is 0 Å². The second-order valence-electron chi connectivity index (χ2n) is 2.85. The van der Waals surface area contributed by atoms with Crippen molar-refractivity contribution >= 4 is 23.0 Å². The summed E-state index contributed by atoms with van der Waals surface area (Å²) in [6.07, 6.45) is 0. The van der Waals surface area contributed by atoms with Crippen LogP contribution in [-0.2, 0) is 0 Å². The first-order chi connectivity index (χ1) is 6.22. The van der Waals surface area contributed by atoms with Gasteiger partial charge in [0, 0.05) is 11.4 Å². The minimum Gasteiger partial charge on any atom is -0.325 e. The van der Waals surface area contributed by atoms with E-state index >= 15 is 0 Å². The summed E-state index contributed by atoms with van der Waals surface area (Å²) in [6.45, 7) is 3.99. The molecule has 0 aromatic carbocycles. The maximum Gasteiger partial charge on any atom is 0.210 e. The summed E-state index contributed by atoms with van der Waals surface area (Å²) in [4.78, 5) is 4.24. The van der Waals surface area contributed by atoms with Crippen molar-refractivity contribution in [1.29, 1.82) is 0 Å². The number of guanidine groups is 1. The van der Waals surface area contributed by atoms with Crippen LogP contribution in [-0.4, -0.2) is 12.0 Å². The zero-order valence-electron chi connectivity index (χ0n) is 7.74. The van der Waals surface area contributed by atoms with Gasteiger partial charge in [-0.15, -0.1) is 0 Å². The van der Waals surface area contributed by atoms with Crippen molar-refractivity contribution < 1.29 is 0 Å². The van der Waals surface area contributed by atoms with Gasteiger partial charge in [0.15, 0.2) is 0 Å². The molecular weight excluding hydrogens is 184 g/mol. The van der Waals surface area contributed by atoms with Crippen molar-refractivity contribution in [3.05, 3.63) is 16.8 Å². The fourth-order valence-electron chi connectivity index (χ4n) is 0.836. The van der Waals surface area contributed by atoms with Gasteiger partial charge in [0.05, 0.1) is 5.69 Å². The van der Waals surface area contributed by atoms with E-state index in [9.17, 15) is 0 Å². The molecule has 5 heteroatoms. The standard InChI is InChI=1S/C8H14N4S/c1-6(2)10-8(12-9)11-7-3-4-13-5-7/h3-6H,9H2,1-2H3,(H2,10,11,12). The maximum absolute atomic E-state index is 5.30. The lowest BCUT2D eigenvalue weighted by Gasteiger charge is -2.08. The minimum atomic E-state index is 0.220. The molecule has 0 aliphatic rings. The molecule has 0 aliphatic carbocycles. The molecule has 0 saturated heterocycles. The molecule has 0 saturated carbocycles. The third-order valence-corrected chi connectivity index (χ3v) is 1.99. The normalized spacial score (nSPS) is 11.8. The SMILES string of the molecule is CC(C)N=C(NN)Nc1ccsc1. The van der Waals surface area contributed by atoms with Crippen molar-refractivity contribution in [2.45, 2.75) is 19.9 Å². The van der Waals surface area contributed by atoms with Crippen molar-refractivity contribution in [2.75, 3.05) is 5.32 Å². The highest BCUT2D eigenvalue weighted by Gasteiger charge is 1.98. The molecule has 0 fully saturated rings. The van der Waals surface area contributed by atoms with Gasteiger partial charge in [-0.3, -0.25) is 5.43 Å². The quantitative estimate of drug-likeness (QED) is 0.291. The third-order valence-electron chi connectivity index (χ3n) is 1.31. The molecule has 1 rings (SSSR count). The summed E-state index contributed by atoms with van der Waals surface area (Å²) in [7, 11) is 0. The van der Waals surface area contributed by atoms with Crippen LogP contribution < -0.4 is 16.6 Å². The van der Waals surface area contributed by atoms with Crippen LogP contribution in [0.25, 0.3) is 0 Å². The highest BCUT2D eigenvalue weighted by atomic mass is 32.1. The Morgan fingerprint density at radius 1 is 1.62 bits per heavy atom. The van der Waals surface area contributed by atoms with E-state index in [0.29, 0.717) is 5.96 Å². The van der Waals surface area contributed by atoms with Crippen LogP contribution in [0.3, 0.4) is 0 Å². The van der Waals surface area contributed by atoms with Gasteiger partial charge >= 0.3 is 0 Å². The molecule has 72 valence electrons. The molecule has 1 aromatic heterocycles. The molecular formula is C8H14N4S. The number of hydrogen-bond donors (Lipinski definition) is 3. The average Bonchev–Trinajstić information content (AvgIpc) is 2.55. The van der Waals surface area contributed by atoms with E-state index in [1.807, 2.05) is 30.7 Å². The Morgan fingerprint density at radius 2 is 2.38 bits per heavy atom. The molecule has 0 aliphatic heterocycles. The summed E-state index contributed by atoms with van der Waals surface area (Å²) in [6, 6.07) is 2.19. The third kappa shape index (κ3) is 3.43. The highest BCUT2D eigenvalue weighted by Crippen LogP contribution is 2.11. The zero-order valence-corrected chi connectivity index (χ0v) is 8.56. The van der Waals surface area contributed by atoms with E-state index in [0.717, 1.165) is 5.69 Å². The summed E-state index contributed by atoms with van der Waals surface area (Å²) >= 11 is 1.62. The van der Waals surface area contributed by atoms with E-state index < -0.39 is 0 Å². The number of aliphatic imine (C=N–C) groups is 1. The first kappa shape index (κ1) is 10.0. The highest BCUT2D eigenvalue weighted by molar-refractivity contribution is 7.08. The van der Waals surface area contributed by atoms with Gasteiger partial charge in [0.2, 0.25) is 5.96 Å². The fraction of sp³-hybridized carbons (Fsp3) is 0.375. The maximum atomic E-state index is 5.30. The molecule has 4 nitrogen and oxygen atoms in total. The number of hydrogen-bond acceptors (Lipinski definition) is 3. The number of hydrazine groups is 1. The number of thiophene rings is 1. The van der Waals surface area contributed by atoms with Crippen molar-refractivity contribution in [1.82, 2.24) is 5.43 Å². The number of nitrogens with one attached hydrogen (secondary N) is 2. The molecule has 0 unspecified atom stereocenters. The number of anilines is 1. The van der Waals surface area contributed by atoms with Crippen LogP contribution in [0.2, 0.25) is 0 Å². The molecule has 0 atom stereocenters. The van der Waals surface area contributed by atoms with Gasteiger partial charge in [-0.25, -0.2) is 10.8 Å².